The minimum Gasteiger partial charge on any atom is -0.394 e. The van der Waals surface area contributed by atoms with Crippen LogP contribution in [0, 0.1) is 5.92 Å². The number of likely N-dealkylation sites (N-methyl/N-ethyl adjacent to an activating group) is 1. The van der Waals surface area contributed by atoms with Crippen LogP contribution in [0.5, 0.6) is 0 Å². The van der Waals surface area contributed by atoms with E-state index >= 15 is 0 Å². The first-order valence-electron chi connectivity index (χ1n) is 6.41. The summed E-state index contributed by atoms with van der Waals surface area (Å²) in [7, 11) is 0. The van der Waals surface area contributed by atoms with Gasteiger partial charge in [-0.05, 0) is 39.2 Å². The summed E-state index contributed by atoms with van der Waals surface area (Å²) < 4.78 is 5.75. The molecule has 0 heterocycles. The first-order valence-corrected chi connectivity index (χ1v) is 6.41. The maximum atomic E-state index is 9.36. The maximum absolute atomic E-state index is 9.36. The second-order valence-corrected chi connectivity index (χ2v) is 5.32. The van der Waals surface area contributed by atoms with Gasteiger partial charge in [0.05, 0.1) is 12.7 Å². The van der Waals surface area contributed by atoms with Crippen molar-refractivity contribution in [1.82, 2.24) is 5.32 Å². The van der Waals surface area contributed by atoms with Crippen molar-refractivity contribution >= 4 is 0 Å². The third-order valence-electron chi connectivity index (χ3n) is 2.79. The number of ether oxygens (including phenoxy) is 1. The van der Waals surface area contributed by atoms with Gasteiger partial charge in [-0.1, -0.05) is 20.8 Å². The SMILES string of the molecule is CCNC(C)(CO)CC(C)OCCC(C)C. The minimum atomic E-state index is -0.216. The molecule has 0 rings (SSSR count). The Morgan fingerprint density at radius 3 is 2.38 bits per heavy atom. The minimum absolute atomic E-state index is 0.152. The van der Waals surface area contributed by atoms with Crippen molar-refractivity contribution in [2.24, 2.45) is 5.92 Å². The normalized spacial score (nSPS) is 17.4. The van der Waals surface area contributed by atoms with E-state index < -0.39 is 0 Å². The summed E-state index contributed by atoms with van der Waals surface area (Å²) in [4.78, 5) is 0. The van der Waals surface area contributed by atoms with Crippen molar-refractivity contribution in [3.8, 4) is 0 Å². The maximum Gasteiger partial charge on any atom is 0.0611 e. The largest absolute Gasteiger partial charge is 0.394 e. The van der Waals surface area contributed by atoms with Crippen molar-refractivity contribution in [3.05, 3.63) is 0 Å². The van der Waals surface area contributed by atoms with Gasteiger partial charge in [-0.2, -0.15) is 0 Å². The molecule has 0 aromatic rings. The highest BCUT2D eigenvalue weighted by Gasteiger charge is 2.24. The molecule has 0 saturated heterocycles. The van der Waals surface area contributed by atoms with Crippen LogP contribution >= 0.6 is 0 Å². The van der Waals surface area contributed by atoms with Crippen LogP contribution < -0.4 is 5.32 Å². The van der Waals surface area contributed by atoms with E-state index in [-0.39, 0.29) is 18.2 Å². The molecule has 3 heteroatoms. The third-order valence-corrected chi connectivity index (χ3v) is 2.79. The molecule has 0 aromatic carbocycles. The standard InChI is InChI=1S/C13H29NO2/c1-6-14-13(5,10-15)9-12(4)16-8-7-11(2)3/h11-12,14-15H,6-10H2,1-5H3. The molecular weight excluding hydrogens is 202 g/mol. The fraction of sp³-hybridized carbons (Fsp3) is 1.00. The van der Waals surface area contributed by atoms with Gasteiger partial charge in [-0.15, -0.1) is 0 Å². The van der Waals surface area contributed by atoms with Crippen LogP contribution in [-0.4, -0.2) is 36.5 Å². The van der Waals surface area contributed by atoms with E-state index in [1.165, 1.54) is 0 Å². The fourth-order valence-corrected chi connectivity index (χ4v) is 1.82. The lowest BCUT2D eigenvalue weighted by atomic mass is 9.95. The van der Waals surface area contributed by atoms with E-state index in [0.717, 1.165) is 26.0 Å². The van der Waals surface area contributed by atoms with E-state index in [2.05, 4.69) is 33.0 Å². The number of aliphatic hydroxyl groups is 1. The molecular formula is C13H29NO2. The molecule has 3 nitrogen and oxygen atoms in total. The smallest absolute Gasteiger partial charge is 0.0611 e. The zero-order valence-corrected chi connectivity index (χ0v) is 11.5. The molecule has 98 valence electrons. The molecule has 0 aliphatic carbocycles. The fourth-order valence-electron chi connectivity index (χ4n) is 1.82. The number of hydrogen-bond acceptors (Lipinski definition) is 3. The van der Waals surface area contributed by atoms with Gasteiger partial charge in [0.15, 0.2) is 0 Å². The Labute approximate surface area is 101 Å². The van der Waals surface area contributed by atoms with Gasteiger partial charge in [0, 0.05) is 12.1 Å². The van der Waals surface area contributed by atoms with E-state index in [1.54, 1.807) is 0 Å². The molecule has 0 fully saturated rings. The quantitative estimate of drug-likeness (QED) is 0.639. The zero-order chi connectivity index (χ0) is 12.6. The molecule has 0 amide bonds. The van der Waals surface area contributed by atoms with Crippen molar-refractivity contribution in [2.45, 2.75) is 59.1 Å². The predicted octanol–water partition coefficient (Wildman–Crippen LogP) is 2.19. The van der Waals surface area contributed by atoms with Gasteiger partial charge in [0.1, 0.15) is 0 Å². The zero-order valence-electron chi connectivity index (χ0n) is 11.5. The van der Waals surface area contributed by atoms with Crippen molar-refractivity contribution in [1.29, 1.82) is 0 Å². The van der Waals surface area contributed by atoms with E-state index in [4.69, 9.17) is 4.74 Å². The molecule has 2 N–H and O–H groups in total. The average Bonchev–Trinajstić information content (AvgIpc) is 2.17. The molecule has 0 spiro atoms. The highest BCUT2D eigenvalue weighted by atomic mass is 16.5. The average molecular weight is 231 g/mol. The molecule has 16 heavy (non-hydrogen) atoms. The van der Waals surface area contributed by atoms with Crippen LogP contribution in [0.25, 0.3) is 0 Å². The van der Waals surface area contributed by atoms with E-state index in [0.29, 0.717) is 5.92 Å². The van der Waals surface area contributed by atoms with Crippen LogP contribution in [0.4, 0.5) is 0 Å². The molecule has 0 bridgehead atoms. The van der Waals surface area contributed by atoms with Gasteiger partial charge in [-0.25, -0.2) is 0 Å². The van der Waals surface area contributed by atoms with Crippen molar-refractivity contribution < 1.29 is 9.84 Å². The van der Waals surface area contributed by atoms with Crippen LogP contribution in [0.1, 0.15) is 47.5 Å². The van der Waals surface area contributed by atoms with Crippen LogP contribution in [0.2, 0.25) is 0 Å². The van der Waals surface area contributed by atoms with Gasteiger partial charge in [0.2, 0.25) is 0 Å². The Bertz CT molecular complexity index is 173. The van der Waals surface area contributed by atoms with E-state index in [1.807, 2.05) is 6.92 Å². The lowest BCUT2D eigenvalue weighted by Crippen LogP contribution is -2.48. The number of nitrogens with one attached hydrogen (secondary N) is 1. The van der Waals surface area contributed by atoms with Gasteiger partial charge >= 0.3 is 0 Å². The van der Waals surface area contributed by atoms with Gasteiger partial charge < -0.3 is 15.2 Å². The Balaban J connectivity index is 3.86. The lowest BCUT2D eigenvalue weighted by Gasteiger charge is -2.31. The Hall–Kier alpha value is -0.120. The molecule has 2 unspecified atom stereocenters. The first-order chi connectivity index (χ1) is 7.43. The molecule has 2 atom stereocenters. The second kappa shape index (κ2) is 8.04. The van der Waals surface area contributed by atoms with Gasteiger partial charge in [0.25, 0.3) is 0 Å². The third kappa shape index (κ3) is 7.20. The topological polar surface area (TPSA) is 41.5 Å². The van der Waals surface area contributed by atoms with Crippen LogP contribution in [-0.2, 0) is 4.74 Å². The predicted molar refractivity (Wildman–Crippen MR) is 68.7 cm³/mol. The molecule has 0 aromatic heterocycles. The summed E-state index contributed by atoms with van der Waals surface area (Å²) in [5, 5.41) is 12.7. The highest BCUT2D eigenvalue weighted by molar-refractivity contribution is 4.83. The monoisotopic (exact) mass is 231 g/mol. The lowest BCUT2D eigenvalue weighted by molar-refractivity contribution is 0.0238. The van der Waals surface area contributed by atoms with Crippen molar-refractivity contribution in [3.63, 3.8) is 0 Å². The Kier molecular flexibility index (Phi) is 7.98. The number of aliphatic hydroxyl groups excluding tert-OH is 1. The summed E-state index contributed by atoms with van der Waals surface area (Å²) >= 11 is 0. The van der Waals surface area contributed by atoms with Crippen LogP contribution in [0.15, 0.2) is 0 Å². The van der Waals surface area contributed by atoms with Gasteiger partial charge in [-0.3, -0.25) is 0 Å². The van der Waals surface area contributed by atoms with Crippen molar-refractivity contribution in [2.75, 3.05) is 19.8 Å². The summed E-state index contributed by atoms with van der Waals surface area (Å²) in [5.74, 6) is 0.685. The Morgan fingerprint density at radius 2 is 1.94 bits per heavy atom. The summed E-state index contributed by atoms with van der Waals surface area (Å²) in [5.41, 5.74) is -0.216. The number of rotatable bonds is 9. The Morgan fingerprint density at radius 1 is 1.31 bits per heavy atom. The molecule has 0 radical (unpaired) electrons. The highest BCUT2D eigenvalue weighted by Crippen LogP contribution is 2.14. The van der Waals surface area contributed by atoms with E-state index in [9.17, 15) is 5.11 Å². The summed E-state index contributed by atoms with van der Waals surface area (Å²) in [6, 6.07) is 0. The molecule has 0 saturated carbocycles. The second-order valence-electron chi connectivity index (χ2n) is 5.32. The molecule has 0 aliphatic heterocycles. The summed E-state index contributed by atoms with van der Waals surface area (Å²) in [6.07, 6.45) is 2.13. The molecule has 0 aliphatic rings. The van der Waals surface area contributed by atoms with Crippen LogP contribution in [0.3, 0.4) is 0 Å². The summed E-state index contributed by atoms with van der Waals surface area (Å²) in [6.45, 7) is 12.4. The number of hydrogen-bond donors (Lipinski definition) is 2. The first kappa shape index (κ1) is 15.9.